The largest absolute Gasteiger partial charge is 0.465 e. The summed E-state index contributed by atoms with van der Waals surface area (Å²) in [4.78, 5) is 15.6. The first-order valence-electron chi connectivity index (χ1n) is 6.37. The highest BCUT2D eigenvalue weighted by atomic mass is 35.5. The maximum atomic E-state index is 12.5. The van der Waals surface area contributed by atoms with E-state index in [1.54, 1.807) is 37.3 Å². The Morgan fingerprint density at radius 2 is 1.91 bits per heavy atom. The van der Waals surface area contributed by atoms with Crippen molar-refractivity contribution in [1.29, 1.82) is 0 Å². The molecule has 1 aromatic carbocycles. The normalized spacial score (nSPS) is 11.2. The molecule has 0 aliphatic carbocycles. The van der Waals surface area contributed by atoms with Gasteiger partial charge < -0.3 is 4.74 Å². The molecule has 22 heavy (non-hydrogen) atoms. The number of sulfone groups is 1. The van der Waals surface area contributed by atoms with Gasteiger partial charge in [-0.15, -0.1) is 0 Å². The molecule has 0 fully saturated rings. The molecule has 0 saturated carbocycles. The van der Waals surface area contributed by atoms with Gasteiger partial charge in [0.2, 0.25) is 0 Å². The van der Waals surface area contributed by atoms with Crippen LogP contribution in [0.3, 0.4) is 0 Å². The molecule has 0 aliphatic heterocycles. The Labute approximate surface area is 133 Å². The summed E-state index contributed by atoms with van der Waals surface area (Å²) in [7, 11) is -2.50. The standard InChI is InChI=1S/C15H14ClNO4S/c1-10-12(15(18)21-2)8-13(17-14(10)16)22(19,20)9-11-6-4-3-5-7-11/h3-8H,9H2,1-2H3. The van der Waals surface area contributed by atoms with Gasteiger partial charge in [-0.05, 0) is 18.6 Å². The van der Waals surface area contributed by atoms with Crippen LogP contribution in [0.15, 0.2) is 41.4 Å². The fourth-order valence-corrected chi connectivity index (χ4v) is 3.45. The molecule has 0 aliphatic rings. The lowest BCUT2D eigenvalue weighted by Crippen LogP contribution is -2.12. The quantitative estimate of drug-likeness (QED) is 0.632. The summed E-state index contributed by atoms with van der Waals surface area (Å²) in [5.41, 5.74) is 1.10. The molecular weight excluding hydrogens is 326 g/mol. The number of methoxy groups -OCH3 is 1. The second kappa shape index (κ2) is 6.46. The Bertz CT molecular complexity index is 804. The van der Waals surface area contributed by atoms with Gasteiger partial charge in [0.25, 0.3) is 0 Å². The van der Waals surface area contributed by atoms with Crippen LogP contribution in [0.25, 0.3) is 0 Å². The summed E-state index contributed by atoms with van der Waals surface area (Å²) in [6, 6.07) is 9.90. The number of halogens is 1. The van der Waals surface area contributed by atoms with E-state index in [0.717, 1.165) is 0 Å². The smallest absolute Gasteiger partial charge is 0.338 e. The fraction of sp³-hybridized carbons (Fsp3) is 0.200. The lowest BCUT2D eigenvalue weighted by Gasteiger charge is -2.09. The van der Waals surface area contributed by atoms with E-state index in [2.05, 4.69) is 9.72 Å². The molecule has 2 aromatic rings. The van der Waals surface area contributed by atoms with Crippen LogP contribution < -0.4 is 0 Å². The van der Waals surface area contributed by atoms with Gasteiger partial charge in [0, 0.05) is 5.56 Å². The Balaban J connectivity index is 2.48. The van der Waals surface area contributed by atoms with Crippen LogP contribution >= 0.6 is 11.6 Å². The highest BCUT2D eigenvalue weighted by Gasteiger charge is 2.22. The first-order valence-corrected chi connectivity index (χ1v) is 8.40. The first-order chi connectivity index (χ1) is 10.3. The Morgan fingerprint density at radius 3 is 2.50 bits per heavy atom. The number of carbonyl (C=O) groups is 1. The molecular formula is C15H14ClNO4S. The molecule has 116 valence electrons. The van der Waals surface area contributed by atoms with Crippen LogP contribution in [0.4, 0.5) is 0 Å². The molecule has 7 heteroatoms. The van der Waals surface area contributed by atoms with Crippen molar-refractivity contribution in [2.45, 2.75) is 17.7 Å². The number of hydrogen-bond donors (Lipinski definition) is 0. The van der Waals surface area contributed by atoms with Crippen molar-refractivity contribution in [3.63, 3.8) is 0 Å². The maximum absolute atomic E-state index is 12.5. The van der Waals surface area contributed by atoms with Gasteiger partial charge in [-0.25, -0.2) is 18.2 Å². The third-order valence-corrected chi connectivity index (χ3v) is 5.04. The molecule has 0 spiro atoms. The van der Waals surface area contributed by atoms with Gasteiger partial charge in [0.05, 0.1) is 18.4 Å². The molecule has 0 amide bonds. The minimum atomic E-state index is -3.72. The van der Waals surface area contributed by atoms with Crippen molar-refractivity contribution in [3.8, 4) is 0 Å². The van der Waals surface area contributed by atoms with Crippen molar-refractivity contribution in [3.05, 3.63) is 58.2 Å². The molecule has 1 aromatic heterocycles. The van der Waals surface area contributed by atoms with Crippen molar-refractivity contribution in [2.75, 3.05) is 7.11 Å². The highest BCUT2D eigenvalue weighted by Crippen LogP contribution is 2.23. The molecule has 5 nitrogen and oxygen atoms in total. The van der Waals surface area contributed by atoms with E-state index in [9.17, 15) is 13.2 Å². The summed E-state index contributed by atoms with van der Waals surface area (Å²) < 4.78 is 29.5. The fourth-order valence-electron chi connectivity index (χ4n) is 1.90. The average Bonchev–Trinajstić information content (AvgIpc) is 2.49. The summed E-state index contributed by atoms with van der Waals surface area (Å²) in [5.74, 6) is -0.876. The van der Waals surface area contributed by atoms with Crippen LogP contribution in [-0.2, 0) is 20.3 Å². The molecule has 0 radical (unpaired) electrons. The molecule has 0 unspecified atom stereocenters. The zero-order valence-corrected chi connectivity index (χ0v) is 13.6. The average molecular weight is 340 g/mol. The van der Waals surface area contributed by atoms with Crippen LogP contribution in [-0.4, -0.2) is 26.5 Å². The summed E-state index contributed by atoms with van der Waals surface area (Å²) in [6.07, 6.45) is 0. The number of esters is 1. The van der Waals surface area contributed by atoms with Gasteiger partial charge in [0.15, 0.2) is 14.9 Å². The minimum Gasteiger partial charge on any atom is -0.465 e. The highest BCUT2D eigenvalue weighted by molar-refractivity contribution is 7.90. The van der Waals surface area contributed by atoms with E-state index >= 15 is 0 Å². The van der Waals surface area contributed by atoms with Gasteiger partial charge in [-0.1, -0.05) is 41.9 Å². The van der Waals surface area contributed by atoms with E-state index in [-0.39, 0.29) is 21.5 Å². The third kappa shape index (κ3) is 3.45. The van der Waals surface area contributed by atoms with Crippen LogP contribution in [0.2, 0.25) is 5.15 Å². The predicted molar refractivity (Wildman–Crippen MR) is 82.7 cm³/mol. The molecule has 0 atom stereocenters. The van der Waals surface area contributed by atoms with E-state index in [1.165, 1.54) is 13.2 Å². The zero-order valence-electron chi connectivity index (χ0n) is 12.0. The molecule has 0 saturated heterocycles. The zero-order chi connectivity index (χ0) is 16.3. The number of rotatable bonds is 4. The SMILES string of the molecule is COC(=O)c1cc(S(=O)(=O)Cc2ccccc2)nc(Cl)c1C. The predicted octanol–water partition coefficient (Wildman–Crippen LogP) is 2.80. The Hall–Kier alpha value is -1.92. The molecule has 0 N–H and O–H groups in total. The van der Waals surface area contributed by atoms with Gasteiger partial charge in [0.1, 0.15) is 5.15 Å². The number of ether oxygens (including phenoxy) is 1. The van der Waals surface area contributed by atoms with Gasteiger partial charge in [-0.3, -0.25) is 0 Å². The topological polar surface area (TPSA) is 73.3 Å². The second-order valence-corrected chi connectivity index (χ2v) is 6.95. The lowest BCUT2D eigenvalue weighted by atomic mass is 10.2. The van der Waals surface area contributed by atoms with Crippen LogP contribution in [0.1, 0.15) is 21.5 Å². The first kappa shape index (κ1) is 16.5. The molecule has 1 heterocycles. The summed E-state index contributed by atoms with van der Waals surface area (Å²) in [5, 5.41) is -0.276. The van der Waals surface area contributed by atoms with Gasteiger partial charge in [-0.2, -0.15) is 0 Å². The van der Waals surface area contributed by atoms with E-state index in [4.69, 9.17) is 11.6 Å². The van der Waals surface area contributed by atoms with Gasteiger partial charge >= 0.3 is 5.97 Å². The van der Waals surface area contributed by atoms with Crippen molar-refractivity contribution in [2.24, 2.45) is 0 Å². The lowest BCUT2D eigenvalue weighted by molar-refractivity contribution is 0.0599. The van der Waals surface area contributed by atoms with Crippen LogP contribution in [0, 0.1) is 6.92 Å². The van der Waals surface area contributed by atoms with Crippen molar-refractivity contribution in [1.82, 2.24) is 4.98 Å². The summed E-state index contributed by atoms with van der Waals surface area (Å²) >= 11 is 5.95. The Morgan fingerprint density at radius 1 is 1.27 bits per heavy atom. The number of hydrogen-bond acceptors (Lipinski definition) is 5. The van der Waals surface area contributed by atoms with Crippen LogP contribution in [0.5, 0.6) is 0 Å². The second-order valence-electron chi connectivity index (χ2n) is 4.66. The number of benzene rings is 1. The number of aromatic nitrogens is 1. The minimum absolute atomic E-state index is 0.0328. The number of pyridine rings is 1. The molecule has 0 bridgehead atoms. The van der Waals surface area contributed by atoms with E-state index in [1.807, 2.05) is 0 Å². The van der Waals surface area contributed by atoms with Crippen molar-refractivity contribution < 1.29 is 17.9 Å². The van der Waals surface area contributed by atoms with E-state index in [0.29, 0.717) is 11.1 Å². The third-order valence-electron chi connectivity index (χ3n) is 3.11. The number of nitrogens with zero attached hydrogens (tertiary/aromatic N) is 1. The summed E-state index contributed by atoms with van der Waals surface area (Å²) in [6.45, 7) is 1.58. The Kier molecular flexibility index (Phi) is 4.83. The molecule has 2 rings (SSSR count). The maximum Gasteiger partial charge on any atom is 0.338 e. The van der Waals surface area contributed by atoms with E-state index < -0.39 is 15.8 Å². The monoisotopic (exact) mass is 339 g/mol. The van der Waals surface area contributed by atoms with Crippen molar-refractivity contribution >= 4 is 27.4 Å². The number of carbonyl (C=O) groups excluding carboxylic acids is 1.